The molecule has 3 heterocycles. The second kappa shape index (κ2) is 4.24. The highest BCUT2D eigenvalue weighted by Crippen LogP contribution is 2.38. The van der Waals surface area contributed by atoms with Crippen LogP contribution >= 0.6 is 34.5 Å². The van der Waals surface area contributed by atoms with Crippen molar-refractivity contribution >= 4 is 34.5 Å². The fraction of sp³-hybridized carbons (Fsp3) is 0.400. The van der Waals surface area contributed by atoms with Crippen LogP contribution in [-0.2, 0) is 6.54 Å². The number of rotatable bonds is 1. The minimum Gasteiger partial charge on any atom is -0.308 e. The Balaban J connectivity index is 2.13. The molecule has 0 spiro atoms. The maximum Gasteiger partial charge on any atom is 0.166 e. The lowest BCUT2D eigenvalue weighted by Gasteiger charge is -2.21. The molecule has 0 bridgehead atoms. The lowest BCUT2D eigenvalue weighted by Crippen LogP contribution is -2.32. The molecule has 7 heteroatoms. The minimum absolute atomic E-state index is 0.220. The first kappa shape index (κ1) is 11.5. The molecule has 1 unspecified atom stereocenters. The molecule has 0 amide bonds. The summed E-state index contributed by atoms with van der Waals surface area (Å²) < 4.78 is 3.44. The Kier molecular flexibility index (Phi) is 2.86. The molecule has 3 rings (SSSR count). The van der Waals surface area contributed by atoms with E-state index in [-0.39, 0.29) is 6.04 Å². The van der Waals surface area contributed by atoms with E-state index in [0.717, 1.165) is 30.3 Å². The van der Waals surface area contributed by atoms with Crippen LogP contribution in [0.25, 0.3) is 11.4 Å². The molecule has 17 heavy (non-hydrogen) atoms. The predicted octanol–water partition coefficient (Wildman–Crippen LogP) is 2.98. The van der Waals surface area contributed by atoms with Crippen LogP contribution in [0.3, 0.4) is 0 Å². The van der Waals surface area contributed by atoms with Crippen molar-refractivity contribution in [1.82, 2.24) is 20.1 Å². The van der Waals surface area contributed by atoms with Crippen LogP contribution < -0.4 is 5.32 Å². The quantitative estimate of drug-likeness (QED) is 0.877. The summed E-state index contributed by atoms with van der Waals surface area (Å²) in [6.07, 6.45) is 0. The zero-order valence-electron chi connectivity index (χ0n) is 9.07. The number of halogens is 2. The van der Waals surface area contributed by atoms with Crippen molar-refractivity contribution in [3.05, 3.63) is 20.6 Å². The number of thiophene rings is 1. The summed E-state index contributed by atoms with van der Waals surface area (Å²) in [5.74, 6) is 1.76. The van der Waals surface area contributed by atoms with Gasteiger partial charge in [-0.25, -0.2) is 0 Å². The molecule has 1 aliphatic heterocycles. The Morgan fingerprint density at radius 3 is 3.00 bits per heavy atom. The molecule has 1 atom stereocenters. The molecule has 0 aromatic carbocycles. The fourth-order valence-electron chi connectivity index (χ4n) is 2.03. The summed E-state index contributed by atoms with van der Waals surface area (Å²) >= 11 is 13.5. The van der Waals surface area contributed by atoms with Crippen molar-refractivity contribution in [1.29, 1.82) is 0 Å². The lowest BCUT2D eigenvalue weighted by molar-refractivity contribution is 0.439. The third kappa shape index (κ3) is 1.87. The van der Waals surface area contributed by atoms with Crippen LogP contribution in [0.5, 0.6) is 0 Å². The minimum atomic E-state index is 0.220. The summed E-state index contributed by atoms with van der Waals surface area (Å²) in [6, 6.07) is 2.07. The van der Waals surface area contributed by atoms with Crippen molar-refractivity contribution < 1.29 is 0 Å². The largest absolute Gasteiger partial charge is 0.308 e. The van der Waals surface area contributed by atoms with E-state index in [4.69, 9.17) is 23.2 Å². The molecule has 0 fully saturated rings. The van der Waals surface area contributed by atoms with Crippen LogP contribution in [0, 0.1) is 0 Å². The molecular formula is C10H10Cl2N4S. The van der Waals surface area contributed by atoms with Crippen LogP contribution in [-0.4, -0.2) is 21.3 Å². The molecule has 0 saturated heterocycles. The van der Waals surface area contributed by atoms with E-state index in [2.05, 4.69) is 27.0 Å². The van der Waals surface area contributed by atoms with Crippen LogP contribution in [0.4, 0.5) is 0 Å². The number of nitrogens with one attached hydrogen (secondary N) is 1. The second-order valence-electron chi connectivity index (χ2n) is 3.95. The van der Waals surface area contributed by atoms with Gasteiger partial charge in [-0.2, -0.15) is 0 Å². The first-order valence-corrected chi connectivity index (χ1v) is 6.85. The van der Waals surface area contributed by atoms with Gasteiger partial charge in [-0.1, -0.05) is 23.2 Å². The van der Waals surface area contributed by atoms with Crippen molar-refractivity contribution in [2.45, 2.75) is 19.5 Å². The Morgan fingerprint density at radius 2 is 2.29 bits per heavy atom. The molecule has 2 aromatic heterocycles. The molecule has 2 aromatic rings. The maximum atomic E-state index is 6.15. The zero-order chi connectivity index (χ0) is 12.0. The zero-order valence-corrected chi connectivity index (χ0v) is 11.4. The number of aromatic nitrogens is 3. The van der Waals surface area contributed by atoms with Crippen molar-refractivity contribution in [3.8, 4) is 11.4 Å². The average Bonchev–Trinajstić information content (AvgIpc) is 2.83. The van der Waals surface area contributed by atoms with Gasteiger partial charge in [-0.05, 0) is 13.0 Å². The topological polar surface area (TPSA) is 42.7 Å². The smallest absolute Gasteiger partial charge is 0.166 e. The third-order valence-corrected chi connectivity index (χ3v) is 4.34. The van der Waals surface area contributed by atoms with Gasteiger partial charge in [0.2, 0.25) is 0 Å². The molecule has 0 saturated carbocycles. The monoisotopic (exact) mass is 288 g/mol. The van der Waals surface area contributed by atoms with Crippen LogP contribution in [0.15, 0.2) is 6.07 Å². The molecular weight excluding hydrogens is 279 g/mol. The number of hydrogen-bond donors (Lipinski definition) is 1. The van der Waals surface area contributed by atoms with E-state index >= 15 is 0 Å². The van der Waals surface area contributed by atoms with Gasteiger partial charge >= 0.3 is 0 Å². The van der Waals surface area contributed by atoms with E-state index in [1.807, 2.05) is 6.07 Å². The first-order valence-electron chi connectivity index (χ1n) is 5.28. The Labute approximate surface area is 113 Å². The molecule has 0 radical (unpaired) electrons. The fourth-order valence-corrected chi connectivity index (χ4v) is 3.49. The molecule has 0 aliphatic carbocycles. The van der Waals surface area contributed by atoms with Gasteiger partial charge in [0.1, 0.15) is 10.2 Å². The van der Waals surface area contributed by atoms with E-state index in [9.17, 15) is 0 Å². The van der Waals surface area contributed by atoms with Gasteiger partial charge in [0.15, 0.2) is 5.82 Å². The van der Waals surface area contributed by atoms with E-state index < -0.39 is 0 Å². The summed E-state index contributed by atoms with van der Waals surface area (Å²) in [5, 5.41) is 11.8. The van der Waals surface area contributed by atoms with Gasteiger partial charge in [-0.15, -0.1) is 21.5 Å². The highest BCUT2D eigenvalue weighted by Gasteiger charge is 2.23. The average molecular weight is 289 g/mol. The lowest BCUT2D eigenvalue weighted by atomic mass is 10.2. The van der Waals surface area contributed by atoms with Gasteiger partial charge in [0, 0.05) is 13.1 Å². The summed E-state index contributed by atoms with van der Waals surface area (Å²) in [7, 11) is 0. The van der Waals surface area contributed by atoms with Gasteiger partial charge in [0.05, 0.1) is 15.9 Å². The number of fused-ring (bicyclic) bond motifs is 1. The Hall–Kier alpha value is -0.620. The highest BCUT2D eigenvalue weighted by atomic mass is 35.5. The first-order chi connectivity index (χ1) is 8.16. The molecule has 1 N–H and O–H groups in total. The van der Waals surface area contributed by atoms with Crippen molar-refractivity contribution in [2.24, 2.45) is 0 Å². The third-order valence-electron chi connectivity index (χ3n) is 2.85. The van der Waals surface area contributed by atoms with Crippen molar-refractivity contribution in [3.63, 3.8) is 0 Å². The van der Waals surface area contributed by atoms with Gasteiger partial charge < -0.3 is 9.88 Å². The molecule has 4 nitrogen and oxygen atoms in total. The predicted molar refractivity (Wildman–Crippen MR) is 69.8 cm³/mol. The van der Waals surface area contributed by atoms with E-state index in [1.165, 1.54) is 11.3 Å². The van der Waals surface area contributed by atoms with E-state index in [1.54, 1.807) is 0 Å². The van der Waals surface area contributed by atoms with Crippen molar-refractivity contribution in [2.75, 3.05) is 6.54 Å². The highest BCUT2D eigenvalue weighted by molar-refractivity contribution is 7.20. The van der Waals surface area contributed by atoms with Crippen LogP contribution in [0.1, 0.15) is 18.8 Å². The summed E-state index contributed by atoms with van der Waals surface area (Å²) in [6.45, 7) is 3.84. The number of hydrogen-bond acceptors (Lipinski definition) is 4. The van der Waals surface area contributed by atoms with E-state index in [0.29, 0.717) is 8.67 Å². The van der Waals surface area contributed by atoms with Crippen LogP contribution in [0.2, 0.25) is 8.67 Å². The van der Waals surface area contributed by atoms with Gasteiger partial charge in [0.25, 0.3) is 0 Å². The van der Waals surface area contributed by atoms with Gasteiger partial charge in [-0.3, -0.25) is 0 Å². The number of nitrogens with zero attached hydrogens (tertiary/aromatic N) is 3. The molecule has 90 valence electrons. The second-order valence-corrected chi connectivity index (χ2v) is 6.23. The summed E-state index contributed by atoms with van der Waals surface area (Å²) in [4.78, 5) is 0. The standard InChI is InChI=1S/C10H10Cl2N4S/c1-5-9-14-15-10(16(9)3-2-13-5)6-4-7(11)17-8(6)12/h4-5,13H,2-3H2,1H3. The normalized spacial score (nSPS) is 19.4. The maximum absolute atomic E-state index is 6.15. The Morgan fingerprint density at radius 1 is 1.47 bits per heavy atom. The Bertz CT molecular complexity index is 563. The molecule has 1 aliphatic rings. The SMILES string of the molecule is CC1NCCn2c(-c3cc(Cl)sc3Cl)nnc21. The summed E-state index contributed by atoms with van der Waals surface area (Å²) in [5.41, 5.74) is 0.870.